The van der Waals surface area contributed by atoms with Crippen LogP contribution < -0.4 is 5.32 Å². The molecule has 0 bridgehead atoms. The van der Waals surface area contributed by atoms with Gasteiger partial charge < -0.3 is 10.2 Å². The van der Waals surface area contributed by atoms with Crippen molar-refractivity contribution in [3.05, 3.63) is 33.8 Å². The molecule has 1 N–H and O–H groups in total. The van der Waals surface area contributed by atoms with Gasteiger partial charge in [-0.2, -0.15) is 0 Å². The van der Waals surface area contributed by atoms with Crippen LogP contribution in [0.25, 0.3) is 0 Å². The third kappa shape index (κ3) is 6.90. The zero-order chi connectivity index (χ0) is 15.9. The largest absolute Gasteiger partial charge is 0.313 e. The number of likely N-dealkylation sites (tertiary alicyclic amines) is 1. The summed E-state index contributed by atoms with van der Waals surface area (Å²) in [6.45, 7) is 5.93. The molecule has 0 radical (unpaired) electrons. The van der Waals surface area contributed by atoms with Crippen molar-refractivity contribution in [1.82, 2.24) is 10.2 Å². The lowest BCUT2D eigenvalue weighted by Crippen LogP contribution is -2.41. The number of halogens is 4. The van der Waals surface area contributed by atoms with Crippen molar-refractivity contribution in [3.63, 3.8) is 0 Å². The first-order valence-corrected chi connectivity index (χ1v) is 9.25. The summed E-state index contributed by atoms with van der Waals surface area (Å²) in [6.07, 6.45) is 6.51. The minimum Gasteiger partial charge on any atom is -0.313 e. The normalized spacial score (nSPS) is 19.2. The molecule has 2 rings (SSSR count). The molecular weight excluding hydrogens is 386 g/mol. The lowest BCUT2D eigenvalue weighted by molar-refractivity contribution is 0.147. The van der Waals surface area contributed by atoms with E-state index in [1.807, 2.05) is 19.2 Å². The summed E-state index contributed by atoms with van der Waals surface area (Å²) < 4.78 is 0. The molecule has 1 aliphatic heterocycles. The second-order valence-electron chi connectivity index (χ2n) is 6.35. The summed E-state index contributed by atoms with van der Waals surface area (Å²) in [6, 6.07) is 6.38. The predicted octanol–water partition coefficient (Wildman–Crippen LogP) is 6.00. The minimum atomic E-state index is 0. The third-order valence-corrected chi connectivity index (χ3v) is 5.44. The van der Waals surface area contributed by atoms with E-state index in [4.69, 9.17) is 23.2 Å². The molecule has 0 aliphatic carbocycles. The highest BCUT2D eigenvalue weighted by atomic mass is 35.5. The predicted molar refractivity (Wildman–Crippen MR) is 111 cm³/mol. The number of hydrogen-bond donors (Lipinski definition) is 1. The van der Waals surface area contributed by atoms with Crippen molar-refractivity contribution in [2.24, 2.45) is 5.92 Å². The van der Waals surface area contributed by atoms with Gasteiger partial charge in [0.25, 0.3) is 0 Å². The van der Waals surface area contributed by atoms with Crippen molar-refractivity contribution >= 4 is 48.0 Å². The van der Waals surface area contributed by atoms with Crippen molar-refractivity contribution in [1.29, 1.82) is 0 Å². The number of rotatable bonds is 7. The summed E-state index contributed by atoms with van der Waals surface area (Å²) >= 11 is 12.2. The van der Waals surface area contributed by atoms with E-state index in [1.165, 1.54) is 57.3 Å². The minimum absolute atomic E-state index is 0. The molecule has 2 nitrogen and oxygen atoms in total. The summed E-state index contributed by atoms with van der Waals surface area (Å²) in [7, 11) is 2.04. The van der Waals surface area contributed by atoms with Gasteiger partial charge in [-0.1, -0.05) is 49.0 Å². The highest BCUT2D eigenvalue weighted by Gasteiger charge is 2.27. The van der Waals surface area contributed by atoms with Crippen LogP contribution in [0.15, 0.2) is 18.2 Å². The SMILES string of the molecule is CCCCCN1CCCC(C(NC)c2ccc(Cl)c(Cl)c2)C1.Cl.Cl. The number of benzene rings is 1. The van der Waals surface area contributed by atoms with E-state index >= 15 is 0 Å². The quantitative estimate of drug-likeness (QED) is 0.549. The maximum atomic E-state index is 6.20. The van der Waals surface area contributed by atoms with Gasteiger partial charge in [-0.3, -0.25) is 0 Å². The van der Waals surface area contributed by atoms with E-state index in [-0.39, 0.29) is 24.8 Å². The average Bonchev–Trinajstić information content (AvgIpc) is 2.52. The number of unbranched alkanes of at least 4 members (excludes halogenated alkanes) is 2. The Bertz CT molecular complexity index is 470. The molecule has 1 saturated heterocycles. The van der Waals surface area contributed by atoms with E-state index in [0.29, 0.717) is 22.0 Å². The first kappa shape index (κ1) is 24.3. The Morgan fingerprint density at radius 2 is 1.96 bits per heavy atom. The molecule has 2 atom stereocenters. The van der Waals surface area contributed by atoms with Crippen LogP contribution in [0, 0.1) is 5.92 Å². The molecule has 0 spiro atoms. The van der Waals surface area contributed by atoms with E-state index in [2.05, 4.69) is 23.2 Å². The van der Waals surface area contributed by atoms with Gasteiger partial charge in [0.15, 0.2) is 0 Å². The number of piperidine rings is 1. The average molecular weight is 416 g/mol. The first-order chi connectivity index (χ1) is 10.7. The van der Waals surface area contributed by atoms with E-state index in [1.54, 1.807) is 0 Å². The highest BCUT2D eigenvalue weighted by Crippen LogP contribution is 2.33. The van der Waals surface area contributed by atoms with Gasteiger partial charge in [0.2, 0.25) is 0 Å². The molecule has 0 aromatic heterocycles. The molecule has 24 heavy (non-hydrogen) atoms. The maximum Gasteiger partial charge on any atom is 0.0595 e. The van der Waals surface area contributed by atoms with E-state index in [9.17, 15) is 0 Å². The third-order valence-electron chi connectivity index (χ3n) is 4.71. The van der Waals surface area contributed by atoms with Gasteiger partial charge in [-0.15, -0.1) is 24.8 Å². The Labute approximate surface area is 169 Å². The van der Waals surface area contributed by atoms with Crippen LogP contribution in [0.4, 0.5) is 0 Å². The van der Waals surface area contributed by atoms with Crippen LogP contribution in [0.2, 0.25) is 10.0 Å². The molecule has 0 amide bonds. The molecule has 1 aliphatic rings. The molecule has 6 heteroatoms. The van der Waals surface area contributed by atoms with Gasteiger partial charge in [0, 0.05) is 12.6 Å². The molecule has 1 aromatic rings. The van der Waals surface area contributed by atoms with Gasteiger partial charge in [-0.25, -0.2) is 0 Å². The van der Waals surface area contributed by atoms with Crippen molar-refractivity contribution in [2.45, 2.75) is 45.1 Å². The number of nitrogens with one attached hydrogen (secondary N) is 1. The monoisotopic (exact) mass is 414 g/mol. The summed E-state index contributed by atoms with van der Waals surface area (Å²) in [5.41, 5.74) is 1.25. The lowest BCUT2D eigenvalue weighted by atomic mass is 9.86. The van der Waals surface area contributed by atoms with Crippen molar-refractivity contribution in [2.75, 3.05) is 26.7 Å². The highest BCUT2D eigenvalue weighted by molar-refractivity contribution is 6.42. The standard InChI is InChI=1S/C18H28Cl2N2.2ClH/c1-3-4-5-10-22-11-6-7-15(13-22)18(21-2)14-8-9-16(19)17(20)12-14;;/h8-9,12,15,18,21H,3-7,10-11,13H2,1-2H3;2*1H. The Morgan fingerprint density at radius 1 is 1.21 bits per heavy atom. The molecule has 1 aromatic carbocycles. The second kappa shape index (κ2) is 12.6. The van der Waals surface area contributed by atoms with E-state index < -0.39 is 0 Å². The van der Waals surface area contributed by atoms with Gasteiger partial charge in [0.1, 0.15) is 0 Å². The van der Waals surface area contributed by atoms with Crippen LogP contribution in [0.3, 0.4) is 0 Å². The number of hydrogen-bond acceptors (Lipinski definition) is 2. The van der Waals surface area contributed by atoms with Crippen molar-refractivity contribution < 1.29 is 0 Å². The fraction of sp³-hybridized carbons (Fsp3) is 0.667. The Kier molecular flexibility index (Phi) is 12.8. The van der Waals surface area contributed by atoms with Gasteiger partial charge in [-0.05, 0) is 63.0 Å². The molecule has 2 unspecified atom stereocenters. The Hall–Kier alpha value is 0.300. The first-order valence-electron chi connectivity index (χ1n) is 8.50. The van der Waals surface area contributed by atoms with Crippen LogP contribution in [-0.4, -0.2) is 31.6 Å². The van der Waals surface area contributed by atoms with Crippen LogP contribution in [0.5, 0.6) is 0 Å². The second-order valence-corrected chi connectivity index (χ2v) is 7.16. The topological polar surface area (TPSA) is 15.3 Å². The summed E-state index contributed by atoms with van der Waals surface area (Å²) in [5, 5.41) is 4.77. The van der Waals surface area contributed by atoms with Crippen LogP contribution in [-0.2, 0) is 0 Å². The van der Waals surface area contributed by atoms with E-state index in [0.717, 1.165) is 0 Å². The fourth-order valence-corrected chi connectivity index (χ4v) is 3.84. The van der Waals surface area contributed by atoms with Crippen LogP contribution >= 0.6 is 48.0 Å². The van der Waals surface area contributed by atoms with Gasteiger partial charge in [0.05, 0.1) is 10.0 Å². The molecule has 1 fully saturated rings. The summed E-state index contributed by atoms with van der Waals surface area (Å²) in [4.78, 5) is 2.63. The molecular formula is C18H30Cl4N2. The zero-order valence-electron chi connectivity index (χ0n) is 14.6. The lowest BCUT2D eigenvalue weighted by Gasteiger charge is -2.37. The smallest absolute Gasteiger partial charge is 0.0595 e. The Morgan fingerprint density at radius 3 is 2.58 bits per heavy atom. The zero-order valence-corrected chi connectivity index (χ0v) is 17.7. The van der Waals surface area contributed by atoms with Crippen LogP contribution in [0.1, 0.15) is 50.6 Å². The number of nitrogens with zero attached hydrogens (tertiary/aromatic N) is 1. The van der Waals surface area contributed by atoms with Crippen molar-refractivity contribution in [3.8, 4) is 0 Å². The Balaban J connectivity index is 0.00000264. The maximum absolute atomic E-state index is 6.20. The molecule has 1 heterocycles. The molecule has 0 saturated carbocycles. The molecule has 140 valence electrons. The summed E-state index contributed by atoms with van der Waals surface area (Å²) in [5.74, 6) is 0.637. The van der Waals surface area contributed by atoms with Gasteiger partial charge >= 0.3 is 0 Å². The fourth-order valence-electron chi connectivity index (χ4n) is 3.53.